The highest BCUT2D eigenvalue weighted by atomic mass is 35.5. The summed E-state index contributed by atoms with van der Waals surface area (Å²) in [5.74, 6) is 0.153. The highest BCUT2D eigenvalue weighted by molar-refractivity contribution is 6.35. The molecule has 0 bridgehead atoms. The number of hydrogen-bond acceptors (Lipinski definition) is 4. The third kappa shape index (κ3) is 3.59. The Balaban J connectivity index is 1.94. The van der Waals surface area contributed by atoms with Crippen molar-refractivity contribution < 1.29 is 10.3 Å². The van der Waals surface area contributed by atoms with Crippen LogP contribution in [0.2, 0.25) is 5.02 Å². The van der Waals surface area contributed by atoms with Crippen molar-refractivity contribution in [2.45, 2.75) is 6.92 Å². The first kappa shape index (κ1) is 16.9. The lowest BCUT2D eigenvalue weighted by Crippen LogP contribution is -2.06. The zero-order valence-corrected chi connectivity index (χ0v) is 14.3. The fraction of sp³-hybridized carbons (Fsp3) is 0.0500. The number of phenols is 1. The Kier molecular flexibility index (Phi) is 4.91. The Morgan fingerprint density at radius 2 is 1.68 bits per heavy atom. The molecule has 0 amide bonds. The minimum absolute atomic E-state index is 0.153. The Hall–Kier alpha value is -2.98. The van der Waals surface area contributed by atoms with E-state index in [1.165, 1.54) is 0 Å². The summed E-state index contributed by atoms with van der Waals surface area (Å²) in [7, 11) is 0. The van der Waals surface area contributed by atoms with E-state index in [0.29, 0.717) is 22.0 Å². The van der Waals surface area contributed by atoms with Crippen molar-refractivity contribution in [2.75, 3.05) is 5.32 Å². The normalized spacial score (nSPS) is 11.4. The van der Waals surface area contributed by atoms with Gasteiger partial charge in [0.1, 0.15) is 11.5 Å². The van der Waals surface area contributed by atoms with Gasteiger partial charge in [-0.15, -0.1) is 0 Å². The van der Waals surface area contributed by atoms with E-state index in [1.807, 2.05) is 43.3 Å². The number of para-hydroxylation sites is 2. The molecule has 0 aromatic heterocycles. The van der Waals surface area contributed by atoms with Crippen LogP contribution in [0, 0.1) is 6.92 Å². The van der Waals surface area contributed by atoms with Gasteiger partial charge in [0.15, 0.2) is 0 Å². The second-order valence-corrected chi connectivity index (χ2v) is 6.01. The Labute approximate surface area is 151 Å². The lowest BCUT2D eigenvalue weighted by molar-refractivity contribution is 0.319. The number of aryl methyl sites for hydroxylation is 1. The van der Waals surface area contributed by atoms with Crippen molar-refractivity contribution in [3.63, 3.8) is 0 Å². The summed E-state index contributed by atoms with van der Waals surface area (Å²) >= 11 is 6.42. The van der Waals surface area contributed by atoms with Gasteiger partial charge in [-0.1, -0.05) is 53.2 Å². The van der Waals surface area contributed by atoms with Crippen molar-refractivity contribution in [1.82, 2.24) is 0 Å². The predicted octanol–water partition coefficient (Wildman–Crippen LogP) is 5.32. The minimum Gasteiger partial charge on any atom is -0.506 e. The Bertz CT molecular complexity index is 938. The summed E-state index contributed by atoms with van der Waals surface area (Å²) in [5, 5.41) is 26.4. The molecule has 3 aromatic rings. The number of benzene rings is 3. The molecule has 0 unspecified atom stereocenters. The molecule has 5 heteroatoms. The van der Waals surface area contributed by atoms with E-state index in [-0.39, 0.29) is 5.75 Å². The number of oxime groups is 1. The van der Waals surface area contributed by atoms with Gasteiger partial charge in [-0.3, -0.25) is 0 Å². The highest BCUT2D eigenvalue weighted by Gasteiger charge is 2.14. The van der Waals surface area contributed by atoms with Crippen molar-refractivity contribution >= 4 is 28.7 Å². The molecule has 0 saturated carbocycles. The number of hydrogen-bond donors (Lipinski definition) is 3. The average molecular weight is 353 g/mol. The molecule has 0 atom stereocenters. The molecule has 25 heavy (non-hydrogen) atoms. The third-order valence-corrected chi connectivity index (χ3v) is 4.22. The number of anilines is 2. The molecule has 0 aliphatic rings. The van der Waals surface area contributed by atoms with Crippen molar-refractivity contribution in [3.8, 4) is 5.75 Å². The maximum absolute atomic E-state index is 9.85. The molecular weight excluding hydrogens is 336 g/mol. The van der Waals surface area contributed by atoms with Crippen LogP contribution >= 0.6 is 11.6 Å². The summed E-state index contributed by atoms with van der Waals surface area (Å²) < 4.78 is 0. The van der Waals surface area contributed by atoms with Crippen molar-refractivity contribution in [2.24, 2.45) is 5.16 Å². The van der Waals surface area contributed by atoms with Crippen LogP contribution in [0.15, 0.2) is 71.9 Å². The predicted molar refractivity (Wildman–Crippen MR) is 101 cm³/mol. The topological polar surface area (TPSA) is 64.9 Å². The molecule has 0 aliphatic heterocycles. The van der Waals surface area contributed by atoms with Crippen LogP contribution in [0.25, 0.3) is 0 Å². The average Bonchev–Trinajstić information content (AvgIpc) is 2.61. The van der Waals surface area contributed by atoms with Crippen LogP contribution in [0.1, 0.15) is 16.7 Å². The zero-order valence-electron chi connectivity index (χ0n) is 13.6. The molecule has 0 spiro atoms. The molecule has 0 saturated heterocycles. The van der Waals surface area contributed by atoms with Gasteiger partial charge < -0.3 is 15.6 Å². The van der Waals surface area contributed by atoms with E-state index < -0.39 is 0 Å². The number of nitrogens with zero attached hydrogens (tertiary/aromatic N) is 1. The van der Waals surface area contributed by atoms with Crippen LogP contribution in [0.3, 0.4) is 0 Å². The number of halogens is 1. The van der Waals surface area contributed by atoms with Crippen molar-refractivity contribution in [3.05, 3.63) is 88.4 Å². The number of aromatic hydroxyl groups is 1. The van der Waals surface area contributed by atoms with Gasteiger partial charge in [0.05, 0.1) is 10.7 Å². The molecular formula is C20H17ClN2O2. The maximum atomic E-state index is 9.85. The van der Waals surface area contributed by atoms with Gasteiger partial charge in [-0.2, -0.15) is 0 Å². The van der Waals surface area contributed by atoms with E-state index in [4.69, 9.17) is 11.6 Å². The summed E-state index contributed by atoms with van der Waals surface area (Å²) in [6.07, 6.45) is 0. The van der Waals surface area contributed by atoms with E-state index in [0.717, 1.165) is 16.8 Å². The summed E-state index contributed by atoms with van der Waals surface area (Å²) in [4.78, 5) is 0. The first-order valence-electron chi connectivity index (χ1n) is 7.73. The Morgan fingerprint density at radius 1 is 0.960 bits per heavy atom. The summed E-state index contributed by atoms with van der Waals surface area (Å²) in [5.41, 5.74) is 4.15. The van der Waals surface area contributed by atoms with Gasteiger partial charge in [0.25, 0.3) is 0 Å². The standard InChI is InChI=1S/C20H17ClN2O2/c1-13-6-2-3-7-15(13)20(23-25)16-11-10-14(12-17(16)21)22-18-8-4-5-9-19(18)24/h2-12,22,24-25H,1H3/b23-20-. The number of rotatable bonds is 4. The van der Waals surface area contributed by atoms with E-state index in [2.05, 4.69) is 10.5 Å². The minimum atomic E-state index is 0.153. The van der Waals surface area contributed by atoms with E-state index in [9.17, 15) is 10.3 Å². The maximum Gasteiger partial charge on any atom is 0.139 e. The smallest absolute Gasteiger partial charge is 0.139 e. The van der Waals surface area contributed by atoms with Crippen LogP contribution in [0.5, 0.6) is 5.75 Å². The largest absolute Gasteiger partial charge is 0.506 e. The van der Waals surface area contributed by atoms with Gasteiger partial charge in [0.2, 0.25) is 0 Å². The van der Waals surface area contributed by atoms with Gasteiger partial charge >= 0.3 is 0 Å². The molecule has 0 heterocycles. The molecule has 3 aromatic carbocycles. The van der Waals surface area contributed by atoms with Gasteiger partial charge in [-0.25, -0.2) is 0 Å². The van der Waals surface area contributed by atoms with Crippen LogP contribution in [0.4, 0.5) is 11.4 Å². The van der Waals surface area contributed by atoms with Crippen molar-refractivity contribution in [1.29, 1.82) is 0 Å². The van der Waals surface area contributed by atoms with E-state index >= 15 is 0 Å². The number of nitrogens with one attached hydrogen (secondary N) is 1. The second kappa shape index (κ2) is 7.28. The molecule has 126 valence electrons. The molecule has 4 nitrogen and oxygen atoms in total. The second-order valence-electron chi connectivity index (χ2n) is 5.60. The molecule has 3 N–H and O–H groups in total. The fourth-order valence-electron chi connectivity index (χ4n) is 2.61. The molecule has 0 radical (unpaired) electrons. The van der Waals surface area contributed by atoms with Crippen LogP contribution in [-0.4, -0.2) is 16.0 Å². The Morgan fingerprint density at radius 3 is 2.36 bits per heavy atom. The number of phenolic OH excluding ortho intramolecular Hbond substituents is 1. The molecule has 0 aliphatic carbocycles. The SMILES string of the molecule is Cc1ccccc1/C(=N/O)c1ccc(Nc2ccccc2O)cc1Cl. The summed E-state index contributed by atoms with van der Waals surface area (Å²) in [6.45, 7) is 1.95. The van der Waals surface area contributed by atoms with Gasteiger partial charge in [-0.05, 0) is 42.8 Å². The lowest BCUT2D eigenvalue weighted by atomic mass is 9.98. The van der Waals surface area contributed by atoms with E-state index in [1.54, 1.807) is 30.3 Å². The first-order valence-corrected chi connectivity index (χ1v) is 8.11. The lowest BCUT2D eigenvalue weighted by Gasteiger charge is -2.13. The van der Waals surface area contributed by atoms with Crippen LogP contribution in [-0.2, 0) is 0 Å². The first-order chi connectivity index (χ1) is 12.1. The van der Waals surface area contributed by atoms with Crippen LogP contribution < -0.4 is 5.32 Å². The van der Waals surface area contributed by atoms with Gasteiger partial charge in [0, 0.05) is 16.8 Å². The highest BCUT2D eigenvalue weighted by Crippen LogP contribution is 2.30. The fourth-order valence-corrected chi connectivity index (χ4v) is 2.88. The monoisotopic (exact) mass is 352 g/mol. The molecule has 0 fully saturated rings. The third-order valence-electron chi connectivity index (χ3n) is 3.91. The zero-order chi connectivity index (χ0) is 17.8. The quantitative estimate of drug-likeness (QED) is 0.257. The molecule has 3 rings (SSSR count). The summed E-state index contributed by atoms with van der Waals surface area (Å²) in [6, 6.07) is 19.9.